The van der Waals surface area contributed by atoms with Crippen LogP contribution in [0.4, 0.5) is 0 Å². The number of nitrogens with zero attached hydrogens (tertiary/aromatic N) is 2. The molecule has 6 nitrogen and oxygen atoms in total. The molecule has 24 heavy (non-hydrogen) atoms. The highest BCUT2D eigenvalue weighted by molar-refractivity contribution is 7.44. The second-order valence-corrected chi connectivity index (χ2v) is 7.40. The highest BCUT2D eigenvalue weighted by atomic mass is 31.2. The van der Waals surface area contributed by atoms with Gasteiger partial charge < -0.3 is 13.8 Å². The van der Waals surface area contributed by atoms with Gasteiger partial charge in [0.2, 0.25) is 0 Å². The molecule has 0 saturated heterocycles. The van der Waals surface area contributed by atoms with Crippen LogP contribution in [0.2, 0.25) is 0 Å². The van der Waals surface area contributed by atoms with Gasteiger partial charge in [0.25, 0.3) is 8.53 Å². The van der Waals surface area contributed by atoms with Crippen molar-refractivity contribution in [3.05, 3.63) is 29.6 Å². The normalized spacial score (nSPS) is 12.9. The number of carbonyl (C=O) groups is 1. The first-order chi connectivity index (χ1) is 11.4. The number of hydrogen-bond acceptors (Lipinski definition) is 6. The van der Waals surface area contributed by atoms with E-state index in [1.54, 1.807) is 12.1 Å². The third-order valence-electron chi connectivity index (χ3n) is 3.22. The van der Waals surface area contributed by atoms with Crippen molar-refractivity contribution >= 4 is 14.5 Å². The zero-order chi connectivity index (χ0) is 18.1. The van der Waals surface area contributed by atoms with Gasteiger partial charge in [-0.1, -0.05) is 6.92 Å². The summed E-state index contributed by atoms with van der Waals surface area (Å²) >= 11 is 0. The maximum absolute atomic E-state index is 11.4. The van der Waals surface area contributed by atoms with E-state index in [0.29, 0.717) is 30.9 Å². The van der Waals surface area contributed by atoms with Crippen molar-refractivity contribution in [3.63, 3.8) is 0 Å². The summed E-state index contributed by atoms with van der Waals surface area (Å²) < 4.78 is 18.9. The number of pyridine rings is 1. The standard InChI is InChI=1S/C17H29N2O4P/c1-7-10-22-24(19(13(2)3)14(4)5)23-12-16-9-8-15(11-18-16)17(20)21-6/h8-9,11,13-14H,7,10,12H2,1-6H3. The van der Waals surface area contributed by atoms with Crippen molar-refractivity contribution in [1.82, 2.24) is 9.65 Å². The van der Waals surface area contributed by atoms with Crippen molar-refractivity contribution in [2.24, 2.45) is 0 Å². The van der Waals surface area contributed by atoms with Crippen molar-refractivity contribution in [1.29, 1.82) is 0 Å². The molecule has 0 bridgehead atoms. The number of methoxy groups -OCH3 is 1. The number of esters is 1. The molecule has 1 unspecified atom stereocenters. The maximum Gasteiger partial charge on any atom is 0.339 e. The Labute approximate surface area is 146 Å². The number of rotatable bonds is 10. The fraction of sp³-hybridized carbons (Fsp3) is 0.647. The summed E-state index contributed by atoms with van der Waals surface area (Å²) in [5.74, 6) is -0.394. The average Bonchev–Trinajstić information content (AvgIpc) is 2.56. The van der Waals surface area contributed by atoms with Gasteiger partial charge in [0.15, 0.2) is 0 Å². The third kappa shape index (κ3) is 6.44. The number of carbonyl (C=O) groups excluding carboxylic acids is 1. The quantitative estimate of drug-likeness (QED) is 0.463. The highest BCUT2D eigenvalue weighted by Gasteiger charge is 2.27. The largest absolute Gasteiger partial charge is 0.465 e. The molecule has 1 atom stereocenters. The number of aromatic nitrogens is 1. The molecule has 7 heteroatoms. The Kier molecular flexibility index (Phi) is 9.37. The number of ether oxygens (including phenoxy) is 1. The molecule has 1 aromatic rings. The van der Waals surface area contributed by atoms with Gasteiger partial charge in [-0.15, -0.1) is 0 Å². The smallest absolute Gasteiger partial charge is 0.339 e. The fourth-order valence-corrected chi connectivity index (χ4v) is 3.86. The van der Waals surface area contributed by atoms with Crippen LogP contribution in [0, 0.1) is 0 Å². The van der Waals surface area contributed by atoms with Crippen LogP contribution < -0.4 is 0 Å². The molecule has 0 aromatic carbocycles. The van der Waals surface area contributed by atoms with Crippen LogP contribution in [0.5, 0.6) is 0 Å². The van der Waals surface area contributed by atoms with Crippen LogP contribution in [0.15, 0.2) is 18.3 Å². The minimum absolute atomic E-state index is 0.322. The molecule has 0 aliphatic heterocycles. The minimum Gasteiger partial charge on any atom is -0.465 e. The van der Waals surface area contributed by atoms with Crippen LogP contribution in [0.25, 0.3) is 0 Å². The monoisotopic (exact) mass is 356 g/mol. The molecule has 0 aliphatic rings. The molecule has 1 heterocycles. The van der Waals surface area contributed by atoms with Gasteiger partial charge in [-0.05, 0) is 46.2 Å². The van der Waals surface area contributed by atoms with Crippen molar-refractivity contribution in [3.8, 4) is 0 Å². The lowest BCUT2D eigenvalue weighted by atomic mass is 10.2. The first-order valence-corrected chi connectivity index (χ1v) is 9.41. The van der Waals surface area contributed by atoms with Crippen LogP contribution in [0.1, 0.15) is 57.1 Å². The van der Waals surface area contributed by atoms with Crippen LogP contribution in [-0.2, 0) is 20.4 Å². The molecular formula is C17H29N2O4P. The average molecular weight is 356 g/mol. The van der Waals surface area contributed by atoms with Crippen molar-refractivity contribution < 1.29 is 18.6 Å². The van der Waals surface area contributed by atoms with Crippen LogP contribution >= 0.6 is 8.53 Å². The first-order valence-electron chi connectivity index (χ1n) is 8.28. The van der Waals surface area contributed by atoms with Crippen LogP contribution in [-0.4, -0.2) is 41.4 Å². The molecule has 0 aliphatic carbocycles. The molecule has 0 spiro atoms. The lowest BCUT2D eigenvalue weighted by Crippen LogP contribution is -2.33. The summed E-state index contributed by atoms with van der Waals surface area (Å²) in [6.45, 7) is 11.6. The van der Waals surface area contributed by atoms with E-state index in [1.165, 1.54) is 13.3 Å². The predicted molar refractivity (Wildman–Crippen MR) is 95.6 cm³/mol. The third-order valence-corrected chi connectivity index (χ3v) is 5.28. The molecule has 0 amide bonds. The van der Waals surface area contributed by atoms with Gasteiger partial charge in [-0.25, -0.2) is 9.46 Å². The van der Waals surface area contributed by atoms with E-state index in [-0.39, 0.29) is 0 Å². The van der Waals surface area contributed by atoms with E-state index < -0.39 is 14.5 Å². The molecular weight excluding hydrogens is 327 g/mol. The summed E-state index contributed by atoms with van der Waals surface area (Å²) in [6.07, 6.45) is 2.45. The van der Waals surface area contributed by atoms with E-state index in [4.69, 9.17) is 9.05 Å². The molecule has 0 saturated carbocycles. The second kappa shape index (κ2) is 10.7. The Balaban J connectivity index is 2.74. The van der Waals surface area contributed by atoms with Crippen molar-refractivity contribution in [2.45, 2.75) is 59.7 Å². The Morgan fingerprint density at radius 1 is 1.21 bits per heavy atom. The van der Waals surface area contributed by atoms with E-state index in [0.717, 1.165) is 12.1 Å². The lowest BCUT2D eigenvalue weighted by Gasteiger charge is -2.35. The van der Waals surface area contributed by atoms with E-state index in [9.17, 15) is 4.79 Å². The van der Waals surface area contributed by atoms with Gasteiger partial charge in [-0.2, -0.15) is 0 Å². The maximum atomic E-state index is 11.4. The van der Waals surface area contributed by atoms with Gasteiger partial charge in [0, 0.05) is 18.3 Å². The molecule has 136 valence electrons. The van der Waals surface area contributed by atoms with Gasteiger partial charge in [0.1, 0.15) is 0 Å². The van der Waals surface area contributed by atoms with E-state index >= 15 is 0 Å². The van der Waals surface area contributed by atoms with E-state index in [1.807, 2.05) is 0 Å². The zero-order valence-corrected chi connectivity index (χ0v) is 16.4. The Morgan fingerprint density at radius 2 is 1.88 bits per heavy atom. The Hall–Kier alpha value is -1.07. The summed E-state index contributed by atoms with van der Waals surface area (Å²) in [5, 5.41) is 0. The Bertz CT molecular complexity index is 486. The highest BCUT2D eigenvalue weighted by Crippen LogP contribution is 2.46. The number of hydrogen-bond donors (Lipinski definition) is 0. The molecule has 0 fully saturated rings. The van der Waals surface area contributed by atoms with Crippen LogP contribution in [0.3, 0.4) is 0 Å². The van der Waals surface area contributed by atoms with Gasteiger partial charge >= 0.3 is 5.97 Å². The summed E-state index contributed by atoms with van der Waals surface area (Å²) in [6, 6.07) is 4.11. The Morgan fingerprint density at radius 3 is 2.33 bits per heavy atom. The van der Waals surface area contributed by atoms with Gasteiger partial charge in [0.05, 0.1) is 31.6 Å². The van der Waals surface area contributed by atoms with Gasteiger partial charge in [-0.3, -0.25) is 4.98 Å². The molecule has 0 N–H and O–H groups in total. The first kappa shape index (κ1) is 21.0. The lowest BCUT2D eigenvalue weighted by molar-refractivity contribution is 0.0600. The molecule has 0 radical (unpaired) electrons. The SMILES string of the molecule is CCCOP(OCc1ccc(C(=O)OC)cn1)N(C(C)C)C(C)C. The van der Waals surface area contributed by atoms with Crippen molar-refractivity contribution in [2.75, 3.05) is 13.7 Å². The second-order valence-electron chi connectivity index (χ2n) is 5.94. The fourth-order valence-electron chi connectivity index (χ4n) is 2.18. The molecule has 1 aromatic heterocycles. The topological polar surface area (TPSA) is 60.9 Å². The zero-order valence-electron chi connectivity index (χ0n) is 15.5. The van der Waals surface area contributed by atoms with E-state index in [2.05, 4.69) is 49.0 Å². The predicted octanol–water partition coefficient (Wildman–Crippen LogP) is 4.16. The summed E-state index contributed by atoms with van der Waals surface area (Å²) in [4.78, 5) is 15.7. The molecule has 1 rings (SSSR count). The summed E-state index contributed by atoms with van der Waals surface area (Å²) in [7, 11) is 0.197. The summed E-state index contributed by atoms with van der Waals surface area (Å²) in [5.41, 5.74) is 1.18. The minimum atomic E-state index is -1.15.